The lowest BCUT2D eigenvalue weighted by molar-refractivity contribution is -0.117. The van der Waals surface area contributed by atoms with Crippen molar-refractivity contribution in [3.63, 3.8) is 0 Å². The van der Waals surface area contributed by atoms with Crippen LogP contribution in [0.5, 0.6) is 0 Å². The summed E-state index contributed by atoms with van der Waals surface area (Å²) in [5.41, 5.74) is -0.205. The summed E-state index contributed by atoms with van der Waals surface area (Å²) in [6, 6.07) is 1.28. The second-order valence-electron chi connectivity index (χ2n) is 5.43. The Labute approximate surface area is 123 Å². The number of carboxylic acids is 1. The number of carbonyl (C=O) groups excluding carboxylic acids is 1. The molecule has 0 saturated carbocycles. The van der Waals surface area contributed by atoms with Crippen molar-refractivity contribution in [1.29, 1.82) is 0 Å². The predicted octanol–water partition coefficient (Wildman–Crippen LogP) is 0.542. The molecule has 1 fully saturated rings. The maximum absolute atomic E-state index is 12.2. The van der Waals surface area contributed by atoms with Crippen molar-refractivity contribution in [2.75, 3.05) is 16.8 Å². The Balaban J connectivity index is 1.97. The molecular weight excluding hydrogens is 288 g/mol. The molecule has 1 amide bonds. The van der Waals surface area contributed by atoms with Gasteiger partial charge in [0.15, 0.2) is 5.82 Å². The summed E-state index contributed by atoms with van der Waals surface area (Å²) in [6.45, 7) is 0.737. The fraction of sp³-hybridized carbons (Fsp3) is 0.286. The van der Waals surface area contributed by atoms with Crippen molar-refractivity contribution in [3.8, 4) is 0 Å². The minimum Gasteiger partial charge on any atom is -0.477 e. The predicted molar refractivity (Wildman–Crippen MR) is 78.3 cm³/mol. The smallest absolute Gasteiger partial charge is 0.341 e. The summed E-state index contributed by atoms with van der Waals surface area (Å²) >= 11 is 0. The van der Waals surface area contributed by atoms with Crippen molar-refractivity contribution < 1.29 is 14.7 Å². The van der Waals surface area contributed by atoms with Gasteiger partial charge in [0.1, 0.15) is 17.3 Å². The third-order valence-electron chi connectivity index (χ3n) is 4.16. The average molecular weight is 300 g/mol. The van der Waals surface area contributed by atoms with E-state index in [2.05, 4.69) is 15.3 Å². The van der Waals surface area contributed by atoms with E-state index < -0.39 is 11.4 Å². The molecule has 8 nitrogen and oxygen atoms in total. The van der Waals surface area contributed by atoms with E-state index in [4.69, 9.17) is 5.11 Å². The first-order valence-corrected chi connectivity index (χ1v) is 6.93. The number of pyridine rings is 2. The van der Waals surface area contributed by atoms with Gasteiger partial charge in [-0.2, -0.15) is 0 Å². The normalized spacial score (nSPS) is 19.7. The molecule has 3 N–H and O–H groups in total. The Bertz CT molecular complexity index is 888. The van der Waals surface area contributed by atoms with Crippen molar-refractivity contribution in [2.45, 2.75) is 18.9 Å². The van der Waals surface area contributed by atoms with E-state index in [9.17, 15) is 14.4 Å². The fourth-order valence-electron chi connectivity index (χ4n) is 3.12. The number of fused-ring (bicyclic) bond motifs is 4. The van der Waals surface area contributed by atoms with Gasteiger partial charge in [0, 0.05) is 12.7 Å². The average Bonchev–Trinajstić information content (AvgIpc) is 2.97. The van der Waals surface area contributed by atoms with Gasteiger partial charge in [-0.25, -0.2) is 9.78 Å². The highest BCUT2D eigenvalue weighted by molar-refractivity contribution is 6.05. The van der Waals surface area contributed by atoms with E-state index in [0.29, 0.717) is 17.2 Å². The standard InChI is InChI=1S/C14H12N4O4/c19-10-6-4-8-12(17-11(6)15-5-7(10)14(21)22)18-3-1-2-9(18)13(20)16-8/h4-5,9H,1-3H2,(H,16,20)(H,21,22)(H,15,17,19)/t9-/m0/s1. The zero-order valence-corrected chi connectivity index (χ0v) is 11.4. The van der Waals surface area contributed by atoms with E-state index >= 15 is 0 Å². The summed E-state index contributed by atoms with van der Waals surface area (Å²) in [6.07, 6.45) is 2.83. The van der Waals surface area contributed by atoms with Gasteiger partial charge in [0.25, 0.3) is 0 Å². The van der Waals surface area contributed by atoms with Gasteiger partial charge in [-0.15, -0.1) is 0 Å². The minimum absolute atomic E-state index is 0.114. The van der Waals surface area contributed by atoms with E-state index in [-0.39, 0.29) is 22.9 Å². The molecule has 2 aliphatic heterocycles. The van der Waals surface area contributed by atoms with Crippen LogP contribution in [0.2, 0.25) is 0 Å². The van der Waals surface area contributed by atoms with Crippen LogP contribution in [-0.2, 0) is 4.79 Å². The number of carboxylic acid groups (broad SMARTS) is 1. The van der Waals surface area contributed by atoms with Gasteiger partial charge in [-0.05, 0) is 18.9 Å². The number of amides is 1. The van der Waals surface area contributed by atoms with Crippen molar-refractivity contribution >= 4 is 34.4 Å². The topological polar surface area (TPSA) is 115 Å². The monoisotopic (exact) mass is 300 g/mol. The van der Waals surface area contributed by atoms with E-state index in [1.54, 1.807) is 0 Å². The van der Waals surface area contributed by atoms with Gasteiger partial charge in [0.2, 0.25) is 11.3 Å². The highest BCUT2D eigenvalue weighted by Gasteiger charge is 2.37. The molecule has 0 radical (unpaired) electrons. The van der Waals surface area contributed by atoms with Gasteiger partial charge in [-0.1, -0.05) is 0 Å². The number of H-pyrrole nitrogens is 1. The first-order valence-electron chi connectivity index (χ1n) is 6.93. The molecule has 22 heavy (non-hydrogen) atoms. The molecular formula is C14H12N4O4. The van der Waals surface area contributed by atoms with Crippen LogP contribution in [0.1, 0.15) is 23.2 Å². The molecule has 2 aromatic heterocycles. The molecule has 0 aliphatic carbocycles. The van der Waals surface area contributed by atoms with Crippen LogP contribution in [0, 0.1) is 0 Å². The number of hydrogen-bond acceptors (Lipinski definition) is 5. The quantitative estimate of drug-likeness (QED) is 0.708. The lowest BCUT2D eigenvalue weighted by Crippen LogP contribution is -2.44. The zero-order chi connectivity index (χ0) is 15.4. The molecule has 0 spiro atoms. The lowest BCUT2D eigenvalue weighted by atomic mass is 10.1. The molecule has 1 saturated heterocycles. The molecule has 0 unspecified atom stereocenters. The van der Waals surface area contributed by atoms with Gasteiger partial charge in [0.05, 0.1) is 11.1 Å². The summed E-state index contributed by atoms with van der Waals surface area (Å²) < 4.78 is 0. The van der Waals surface area contributed by atoms with Crippen LogP contribution in [0.3, 0.4) is 0 Å². The largest absolute Gasteiger partial charge is 0.477 e. The van der Waals surface area contributed by atoms with Gasteiger partial charge in [-0.3, -0.25) is 9.59 Å². The number of aromatic nitrogens is 2. The third-order valence-corrected chi connectivity index (χ3v) is 4.16. The second kappa shape index (κ2) is 4.30. The summed E-state index contributed by atoms with van der Waals surface area (Å²) in [4.78, 5) is 44.4. The molecule has 2 aliphatic rings. The maximum Gasteiger partial charge on any atom is 0.341 e. The number of aromatic carboxylic acids is 1. The Hall–Kier alpha value is -2.90. The number of nitrogens with one attached hydrogen (secondary N) is 2. The lowest BCUT2D eigenvalue weighted by Gasteiger charge is -2.31. The highest BCUT2D eigenvalue weighted by Crippen LogP contribution is 2.36. The Morgan fingerprint density at radius 3 is 3.00 bits per heavy atom. The van der Waals surface area contributed by atoms with Gasteiger partial charge >= 0.3 is 5.97 Å². The fourth-order valence-corrected chi connectivity index (χ4v) is 3.12. The molecule has 1 atom stereocenters. The van der Waals surface area contributed by atoms with Crippen LogP contribution < -0.4 is 15.6 Å². The van der Waals surface area contributed by atoms with Crippen molar-refractivity contribution in [1.82, 2.24) is 9.97 Å². The van der Waals surface area contributed by atoms with Crippen LogP contribution in [-0.4, -0.2) is 39.5 Å². The van der Waals surface area contributed by atoms with Crippen LogP contribution in [0.25, 0.3) is 11.0 Å². The molecule has 112 valence electrons. The Morgan fingerprint density at radius 2 is 2.23 bits per heavy atom. The highest BCUT2D eigenvalue weighted by atomic mass is 16.4. The Kier molecular flexibility index (Phi) is 2.50. The second-order valence-corrected chi connectivity index (χ2v) is 5.43. The van der Waals surface area contributed by atoms with E-state index in [0.717, 1.165) is 25.6 Å². The number of nitrogens with zero attached hydrogens (tertiary/aromatic N) is 2. The number of carbonyl (C=O) groups is 2. The number of aromatic amines is 1. The molecule has 0 bridgehead atoms. The van der Waals surface area contributed by atoms with Crippen molar-refractivity contribution in [2.24, 2.45) is 0 Å². The number of anilines is 2. The molecule has 2 aromatic rings. The van der Waals surface area contributed by atoms with E-state index in [1.807, 2.05) is 4.90 Å². The molecule has 0 aromatic carbocycles. The third kappa shape index (κ3) is 1.63. The zero-order valence-electron chi connectivity index (χ0n) is 11.4. The summed E-state index contributed by atoms with van der Waals surface area (Å²) in [5, 5.41) is 11.9. The van der Waals surface area contributed by atoms with Crippen LogP contribution in [0.4, 0.5) is 11.5 Å². The summed E-state index contributed by atoms with van der Waals surface area (Å²) in [5.74, 6) is -0.796. The molecule has 4 rings (SSSR count). The minimum atomic E-state index is -1.30. The van der Waals surface area contributed by atoms with E-state index in [1.165, 1.54) is 6.07 Å². The van der Waals surface area contributed by atoms with Crippen LogP contribution >= 0.6 is 0 Å². The number of hydrogen-bond donors (Lipinski definition) is 3. The summed E-state index contributed by atoms with van der Waals surface area (Å²) in [7, 11) is 0. The van der Waals surface area contributed by atoms with Gasteiger partial charge < -0.3 is 20.3 Å². The van der Waals surface area contributed by atoms with Crippen molar-refractivity contribution in [3.05, 3.63) is 28.0 Å². The molecule has 4 heterocycles. The maximum atomic E-state index is 12.2. The first kappa shape index (κ1) is 12.8. The Morgan fingerprint density at radius 1 is 1.41 bits per heavy atom. The first-order chi connectivity index (χ1) is 10.6. The SMILES string of the molecule is O=C(O)c1c[nH]c2nc3c(cc2c1=O)NC(=O)[C@@H]1CCCN31. The molecule has 8 heteroatoms. The van der Waals surface area contributed by atoms with Crippen LogP contribution in [0.15, 0.2) is 17.1 Å². The number of rotatable bonds is 1.